The maximum Gasteiger partial charge on any atom is 0.207 e. The molecule has 2 aromatic rings. The quantitative estimate of drug-likeness (QED) is 0.798. The number of rotatable bonds is 3. The van der Waals surface area contributed by atoms with Crippen molar-refractivity contribution in [1.29, 1.82) is 0 Å². The number of sulfone groups is 1. The van der Waals surface area contributed by atoms with E-state index in [1.54, 1.807) is 36.4 Å². The molecule has 0 saturated heterocycles. The van der Waals surface area contributed by atoms with Gasteiger partial charge in [0.15, 0.2) is 0 Å². The zero-order chi connectivity index (χ0) is 13.9. The molecule has 96 valence electrons. The van der Waals surface area contributed by atoms with Crippen molar-refractivity contribution in [1.82, 2.24) is 0 Å². The highest BCUT2D eigenvalue weighted by molar-refractivity contribution is 7.94. The van der Waals surface area contributed by atoms with Crippen molar-refractivity contribution in [2.75, 3.05) is 0 Å². The fourth-order valence-electron chi connectivity index (χ4n) is 1.66. The molecular formula is C15H11ClO2S. The number of benzene rings is 2. The molecule has 0 bridgehead atoms. The van der Waals surface area contributed by atoms with Crippen molar-refractivity contribution in [2.24, 2.45) is 0 Å². The molecular weight excluding hydrogens is 280 g/mol. The zero-order valence-electron chi connectivity index (χ0n) is 10.0. The van der Waals surface area contributed by atoms with Crippen LogP contribution < -0.4 is 0 Å². The summed E-state index contributed by atoms with van der Waals surface area (Å²) in [6, 6.07) is 14.0. The summed E-state index contributed by atoms with van der Waals surface area (Å²) in [6.45, 7) is 3.27. The molecule has 0 aromatic heterocycles. The van der Waals surface area contributed by atoms with E-state index in [2.05, 4.69) is 12.3 Å². The average Bonchev–Trinajstić information content (AvgIpc) is 2.40. The molecule has 2 aromatic carbocycles. The van der Waals surface area contributed by atoms with Crippen LogP contribution in [0, 0.1) is 0 Å². The van der Waals surface area contributed by atoms with Gasteiger partial charge in [-0.05, 0) is 35.4 Å². The minimum absolute atomic E-state index is 0.223. The molecule has 4 heteroatoms. The van der Waals surface area contributed by atoms with Gasteiger partial charge in [0.2, 0.25) is 9.84 Å². The Bertz CT molecular complexity index is 723. The minimum atomic E-state index is -3.44. The lowest BCUT2D eigenvalue weighted by molar-refractivity contribution is 0.604. The van der Waals surface area contributed by atoms with Crippen LogP contribution in [0.25, 0.3) is 11.1 Å². The van der Waals surface area contributed by atoms with E-state index >= 15 is 0 Å². The summed E-state index contributed by atoms with van der Waals surface area (Å²) in [6.07, 6.45) is 0. The Hall–Kier alpha value is -1.80. The van der Waals surface area contributed by atoms with Crippen molar-refractivity contribution in [2.45, 2.75) is 4.90 Å². The van der Waals surface area contributed by atoms with Crippen molar-refractivity contribution in [3.8, 4) is 11.1 Å². The summed E-state index contributed by atoms with van der Waals surface area (Å²) in [7, 11) is -3.44. The molecule has 0 aliphatic rings. The lowest BCUT2D eigenvalue weighted by atomic mass is 10.1. The van der Waals surface area contributed by atoms with Crippen molar-refractivity contribution >= 4 is 21.4 Å². The maximum absolute atomic E-state index is 11.7. The van der Waals surface area contributed by atoms with Gasteiger partial charge in [-0.1, -0.05) is 42.4 Å². The monoisotopic (exact) mass is 290 g/mol. The molecule has 0 radical (unpaired) electrons. The predicted octanol–water partition coefficient (Wildman–Crippen LogP) is 4.08. The van der Waals surface area contributed by atoms with Gasteiger partial charge in [-0.25, -0.2) is 8.42 Å². The van der Waals surface area contributed by atoms with E-state index in [4.69, 9.17) is 11.6 Å². The molecule has 0 amide bonds. The van der Waals surface area contributed by atoms with Gasteiger partial charge in [0.05, 0.1) is 10.3 Å². The molecule has 0 unspecified atom stereocenters. The minimum Gasteiger partial charge on any atom is -0.218 e. The Kier molecular flexibility index (Phi) is 3.91. The van der Waals surface area contributed by atoms with Gasteiger partial charge in [-0.2, -0.15) is 0 Å². The van der Waals surface area contributed by atoms with Gasteiger partial charge >= 0.3 is 0 Å². The standard InChI is InChI=1S/C15H11ClO2S/c1-2-11-19(17,18)15-9-5-13(6-10-15)12-3-7-14(16)8-4-12/h3-11H,1H2. The van der Waals surface area contributed by atoms with Crippen LogP contribution in [-0.2, 0) is 9.84 Å². The number of hydrogen-bond donors (Lipinski definition) is 0. The molecule has 0 N–H and O–H groups in total. The first-order valence-corrected chi connectivity index (χ1v) is 7.42. The zero-order valence-corrected chi connectivity index (χ0v) is 11.6. The summed E-state index contributed by atoms with van der Waals surface area (Å²) >= 11 is 5.82. The summed E-state index contributed by atoms with van der Waals surface area (Å²) in [4.78, 5) is 0.223. The summed E-state index contributed by atoms with van der Waals surface area (Å²) in [5.74, 6) is 0. The normalized spacial score (nSPS) is 10.8. The third-order valence-corrected chi connectivity index (χ3v) is 4.26. The molecule has 0 fully saturated rings. The second kappa shape index (κ2) is 5.45. The first-order valence-electron chi connectivity index (χ1n) is 5.50. The highest BCUT2D eigenvalue weighted by Gasteiger charge is 2.09. The molecule has 0 spiro atoms. The SMILES string of the molecule is C=C=CS(=O)(=O)c1ccc(-c2ccc(Cl)cc2)cc1. The lowest BCUT2D eigenvalue weighted by Crippen LogP contribution is -1.95. The van der Waals surface area contributed by atoms with Gasteiger partial charge in [0.25, 0.3) is 0 Å². The molecule has 19 heavy (non-hydrogen) atoms. The molecule has 0 saturated carbocycles. The third kappa shape index (κ3) is 3.15. The topological polar surface area (TPSA) is 34.1 Å². The summed E-state index contributed by atoms with van der Waals surface area (Å²) in [5.41, 5.74) is 4.19. The van der Waals surface area contributed by atoms with Gasteiger partial charge < -0.3 is 0 Å². The molecule has 2 nitrogen and oxygen atoms in total. The fourth-order valence-corrected chi connectivity index (χ4v) is 2.65. The summed E-state index contributed by atoms with van der Waals surface area (Å²) in [5, 5.41) is 1.63. The Labute approximate surface area is 117 Å². The molecule has 0 heterocycles. The van der Waals surface area contributed by atoms with Crippen molar-refractivity contribution in [3.63, 3.8) is 0 Å². The van der Waals surface area contributed by atoms with Crippen LogP contribution in [0.5, 0.6) is 0 Å². The van der Waals surface area contributed by atoms with Gasteiger partial charge in [-0.15, -0.1) is 5.73 Å². The van der Waals surface area contributed by atoms with Gasteiger partial charge in [0.1, 0.15) is 0 Å². The van der Waals surface area contributed by atoms with E-state index in [-0.39, 0.29) is 4.90 Å². The molecule has 0 atom stereocenters. The highest BCUT2D eigenvalue weighted by Crippen LogP contribution is 2.23. The lowest BCUT2D eigenvalue weighted by Gasteiger charge is -2.03. The fraction of sp³-hybridized carbons (Fsp3) is 0. The average molecular weight is 291 g/mol. The summed E-state index contributed by atoms with van der Waals surface area (Å²) < 4.78 is 23.5. The molecule has 0 aliphatic carbocycles. The second-order valence-electron chi connectivity index (χ2n) is 3.90. The first kappa shape index (κ1) is 13.6. The smallest absolute Gasteiger partial charge is 0.207 e. The van der Waals surface area contributed by atoms with Crippen LogP contribution >= 0.6 is 11.6 Å². The third-order valence-electron chi connectivity index (χ3n) is 2.60. The molecule has 0 aliphatic heterocycles. The van der Waals surface area contributed by atoms with Crippen LogP contribution in [0.15, 0.2) is 71.1 Å². The molecule has 2 rings (SSSR count). The van der Waals surface area contributed by atoms with E-state index < -0.39 is 9.84 Å². The maximum atomic E-state index is 11.7. The van der Waals surface area contributed by atoms with E-state index in [1.807, 2.05) is 12.1 Å². The Morgan fingerprint density at radius 1 is 0.947 bits per heavy atom. The number of halogens is 1. The van der Waals surface area contributed by atoms with E-state index in [0.717, 1.165) is 16.5 Å². The van der Waals surface area contributed by atoms with E-state index in [9.17, 15) is 8.42 Å². The highest BCUT2D eigenvalue weighted by atomic mass is 35.5. The van der Waals surface area contributed by atoms with Crippen molar-refractivity contribution in [3.05, 3.63) is 71.3 Å². The van der Waals surface area contributed by atoms with Gasteiger partial charge in [0, 0.05) is 5.02 Å². The predicted molar refractivity (Wildman–Crippen MR) is 77.8 cm³/mol. The van der Waals surface area contributed by atoms with Crippen LogP contribution in [-0.4, -0.2) is 8.42 Å². The Morgan fingerprint density at radius 2 is 1.42 bits per heavy atom. The Balaban J connectivity index is 2.39. The van der Waals surface area contributed by atoms with Crippen molar-refractivity contribution < 1.29 is 8.42 Å². The van der Waals surface area contributed by atoms with Crippen LogP contribution in [0.3, 0.4) is 0 Å². The second-order valence-corrected chi connectivity index (χ2v) is 6.13. The first-order chi connectivity index (χ1) is 9.03. The van der Waals surface area contributed by atoms with Crippen LogP contribution in [0.2, 0.25) is 5.02 Å². The van der Waals surface area contributed by atoms with Crippen LogP contribution in [0.4, 0.5) is 0 Å². The largest absolute Gasteiger partial charge is 0.218 e. The van der Waals surface area contributed by atoms with E-state index in [1.165, 1.54) is 0 Å². The van der Waals surface area contributed by atoms with Crippen LogP contribution in [0.1, 0.15) is 0 Å². The number of hydrogen-bond acceptors (Lipinski definition) is 2. The Morgan fingerprint density at radius 3 is 1.89 bits per heavy atom. The van der Waals surface area contributed by atoms with Gasteiger partial charge in [-0.3, -0.25) is 0 Å². The van der Waals surface area contributed by atoms with E-state index in [0.29, 0.717) is 5.02 Å².